The third-order valence-electron chi connectivity index (χ3n) is 3.45. The molecule has 0 saturated carbocycles. The van der Waals surface area contributed by atoms with Gasteiger partial charge in [-0.2, -0.15) is 0 Å². The molecule has 1 aromatic carbocycles. The molecule has 1 N–H and O–H groups in total. The molecular formula is C15H19FN2O. The van der Waals surface area contributed by atoms with E-state index in [9.17, 15) is 9.18 Å². The largest absolute Gasteiger partial charge is 0.325 e. The second kappa shape index (κ2) is 6.36. The Kier molecular flexibility index (Phi) is 4.55. The van der Waals surface area contributed by atoms with Gasteiger partial charge in [-0.1, -0.05) is 25.1 Å². The lowest BCUT2D eigenvalue weighted by molar-refractivity contribution is 0.177. The lowest BCUT2D eigenvalue weighted by Crippen LogP contribution is -2.42. The Morgan fingerprint density at radius 2 is 2.05 bits per heavy atom. The van der Waals surface area contributed by atoms with Gasteiger partial charge in [0.1, 0.15) is 5.82 Å². The molecule has 1 aliphatic rings. The number of benzene rings is 1. The minimum Gasteiger partial charge on any atom is -0.325 e. The van der Waals surface area contributed by atoms with Crippen LogP contribution in [-0.2, 0) is 0 Å². The van der Waals surface area contributed by atoms with Crippen LogP contribution in [0.4, 0.5) is 9.18 Å². The Labute approximate surface area is 113 Å². The Hall–Kier alpha value is -1.84. The fraction of sp³-hybridized carbons (Fsp3) is 0.400. The summed E-state index contributed by atoms with van der Waals surface area (Å²) in [7, 11) is 0. The molecule has 1 aliphatic heterocycles. The summed E-state index contributed by atoms with van der Waals surface area (Å²) in [6, 6.07) is 6.35. The second-order valence-electron chi connectivity index (χ2n) is 4.97. The Morgan fingerprint density at radius 1 is 1.37 bits per heavy atom. The number of urea groups is 1. The summed E-state index contributed by atoms with van der Waals surface area (Å²) >= 11 is 0. The van der Waals surface area contributed by atoms with Gasteiger partial charge in [0.25, 0.3) is 0 Å². The van der Waals surface area contributed by atoms with Crippen LogP contribution in [0.25, 0.3) is 6.08 Å². The fourth-order valence-electron chi connectivity index (χ4n) is 2.12. The average Bonchev–Trinajstić information content (AvgIpc) is 2.41. The highest BCUT2D eigenvalue weighted by atomic mass is 19.1. The maximum Gasteiger partial charge on any atom is 0.321 e. The molecule has 1 aromatic rings. The molecular weight excluding hydrogens is 243 g/mol. The summed E-state index contributed by atoms with van der Waals surface area (Å²) in [4.78, 5) is 13.6. The predicted molar refractivity (Wildman–Crippen MR) is 73.9 cm³/mol. The number of nitrogens with zero attached hydrogens (tertiary/aromatic N) is 1. The number of carbonyl (C=O) groups excluding carboxylic acids is 1. The average molecular weight is 262 g/mol. The minimum atomic E-state index is -0.292. The first-order valence-corrected chi connectivity index (χ1v) is 6.63. The maximum atomic E-state index is 13.3. The van der Waals surface area contributed by atoms with Gasteiger partial charge in [0.2, 0.25) is 0 Å². The van der Waals surface area contributed by atoms with Crippen LogP contribution in [0.15, 0.2) is 30.5 Å². The molecule has 3 nitrogen and oxygen atoms in total. The van der Waals surface area contributed by atoms with Crippen molar-refractivity contribution >= 4 is 12.1 Å². The van der Waals surface area contributed by atoms with E-state index in [0.29, 0.717) is 11.5 Å². The Bertz CT molecular complexity index is 465. The van der Waals surface area contributed by atoms with Gasteiger partial charge >= 0.3 is 6.03 Å². The van der Waals surface area contributed by atoms with Crippen LogP contribution in [0.5, 0.6) is 0 Å². The van der Waals surface area contributed by atoms with E-state index in [1.807, 2.05) is 0 Å². The molecule has 0 aromatic heterocycles. The van der Waals surface area contributed by atoms with E-state index in [0.717, 1.165) is 25.9 Å². The van der Waals surface area contributed by atoms with Crippen molar-refractivity contribution in [2.45, 2.75) is 19.8 Å². The fourth-order valence-corrected chi connectivity index (χ4v) is 2.12. The zero-order chi connectivity index (χ0) is 13.7. The molecule has 4 heteroatoms. The zero-order valence-electron chi connectivity index (χ0n) is 11.1. The van der Waals surface area contributed by atoms with Crippen LogP contribution >= 0.6 is 0 Å². The number of amides is 2. The highest BCUT2D eigenvalue weighted by molar-refractivity contribution is 5.76. The lowest BCUT2D eigenvalue weighted by Gasteiger charge is -2.29. The molecule has 0 radical (unpaired) electrons. The van der Waals surface area contributed by atoms with E-state index in [4.69, 9.17) is 0 Å². The summed E-state index contributed by atoms with van der Waals surface area (Å²) in [6.45, 7) is 3.79. The van der Waals surface area contributed by atoms with Crippen molar-refractivity contribution in [3.63, 3.8) is 0 Å². The number of nitrogens with one attached hydrogen (secondary N) is 1. The van der Waals surface area contributed by atoms with Crippen LogP contribution in [-0.4, -0.2) is 24.0 Å². The molecule has 0 unspecified atom stereocenters. The van der Waals surface area contributed by atoms with Gasteiger partial charge in [-0.15, -0.1) is 0 Å². The standard InChI is InChI=1S/C15H19FN2O/c1-12-7-10-18(11-8-12)15(19)17-9-6-13-4-2-3-5-14(13)16/h2-6,9,12H,7-8,10-11H2,1H3,(H,17,19)/b9-6+. The molecule has 19 heavy (non-hydrogen) atoms. The molecule has 0 bridgehead atoms. The van der Waals surface area contributed by atoms with Crippen molar-refractivity contribution in [2.24, 2.45) is 5.92 Å². The normalized spacial score (nSPS) is 16.8. The first-order chi connectivity index (χ1) is 9.16. The summed E-state index contributed by atoms with van der Waals surface area (Å²) in [5.41, 5.74) is 0.468. The summed E-state index contributed by atoms with van der Waals surface area (Å²) < 4.78 is 13.3. The molecule has 1 saturated heterocycles. The van der Waals surface area contributed by atoms with Crippen LogP contribution < -0.4 is 5.32 Å². The molecule has 1 fully saturated rings. The summed E-state index contributed by atoms with van der Waals surface area (Å²) in [6.07, 6.45) is 5.16. The van der Waals surface area contributed by atoms with Crippen molar-refractivity contribution in [3.05, 3.63) is 41.8 Å². The molecule has 1 heterocycles. The van der Waals surface area contributed by atoms with E-state index < -0.39 is 0 Å². The molecule has 2 amide bonds. The van der Waals surface area contributed by atoms with Gasteiger partial charge in [-0.25, -0.2) is 9.18 Å². The monoisotopic (exact) mass is 262 g/mol. The zero-order valence-corrected chi connectivity index (χ0v) is 11.1. The third-order valence-corrected chi connectivity index (χ3v) is 3.45. The first kappa shape index (κ1) is 13.6. The van der Waals surface area contributed by atoms with E-state index in [1.54, 1.807) is 29.2 Å². The first-order valence-electron chi connectivity index (χ1n) is 6.63. The highest BCUT2D eigenvalue weighted by Gasteiger charge is 2.19. The SMILES string of the molecule is CC1CCN(C(=O)N/C=C/c2ccccc2F)CC1. The molecule has 102 valence electrons. The van der Waals surface area contributed by atoms with Crippen molar-refractivity contribution in [1.29, 1.82) is 0 Å². The number of halogens is 1. The third kappa shape index (κ3) is 3.81. The molecule has 0 aliphatic carbocycles. The van der Waals surface area contributed by atoms with Gasteiger partial charge in [0, 0.05) is 24.9 Å². The van der Waals surface area contributed by atoms with Gasteiger partial charge in [0.05, 0.1) is 0 Å². The van der Waals surface area contributed by atoms with E-state index in [1.165, 1.54) is 12.3 Å². The number of hydrogen-bond acceptors (Lipinski definition) is 1. The van der Waals surface area contributed by atoms with E-state index in [2.05, 4.69) is 12.2 Å². The number of hydrogen-bond donors (Lipinski definition) is 1. The number of carbonyl (C=O) groups is 1. The quantitative estimate of drug-likeness (QED) is 0.872. The summed E-state index contributed by atoms with van der Waals surface area (Å²) in [5.74, 6) is 0.401. The van der Waals surface area contributed by atoms with Gasteiger partial charge in [0.15, 0.2) is 0 Å². The molecule has 0 spiro atoms. The molecule has 2 rings (SSSR count). The minimum absolute atomic E-state index is 0.112. The van der Waals surface area contributed by atoms with E-state index >= 15 is 0 Å². The predicted octanol–water partition coefficient (Wildman–Crippen LogP) is 3.24. The van der Waals surface area contributed by atoms with Crippen molar-refractivity contribution in [1.82, 2.24) is 10.2 Å². The Morgan fingerprint density at radius 3 is 2.74 bits per heavy atom. The number of likely N-dealkylation sites (tertiary alicyclic amines) is 1. The van der Waals surface area contributed by atoms with Crippen molar-refractivity contribution in [3.8, 4) is 0 Å². The van der Waals surface area contributed by atoms with Crippen LogP contribution in [0, 0.1) is 11.7 Å². The number of piperidine rings is 1. The Balaban J connectivity index is 1.85. The topological polar surface area (TPSA) is 32.3 Å². The smallest absolute Gasteiger partial charge is 0.321 e. The van der Waals surface area contributed by atoms with Gasteiger partial charge in [-0.3, -0.25) is 0 Å². The van der Waals surface area contributed by atoms with Gasteiger partial charge in [-0.05, 0) is 30.9 Å². The second-order valence-corrected chi connectivity index (χ2v) is 4.97. The lowest BCUT2D eigenvalue weighted by atomic mass is 10.00. The van der Waals surface area contributed by atoms with Crippen LogP contribution in [0.3, 0.4) is 0 Å². The highest BCUT2D eigenvalue weighted by Crippen LogP contribution is 2.15. The molecule has 0 atom stereocenters. The van der Waals surface area contributed by atoms with Gasteiger partial charge < -0.3 is 10.2 Å². The van der Waals surface area contributed by atoms with Crippen LogP contribution in [0.2, 0.25) is 0 Å². The van der Waals surface area contributed by atoms with Crippen molar-refractivity contribution < 1.29 is 9.18 Å². The van der Waals surface area contributed by atoms with Crippen LogP contribution in [0.1, 0.15) is 25.3 Å². The number of rotatable bonds is 2. The summed E-state index contributed by atoms with van der Waals surface area (Å²) in [5, 5.41) is 2.68. The van der Waals surface area contributed by atoms with E-state index in [-0.39, 0.29) is 11.8 Å². The maximum absolute atomic E-state index is 13.3. The van der Waals surface area contributed by atoms with Crippen molar-refractivity contribution in [2.75, 3.05) is 13.1 Å².